The minimum Gasteiger partial charge on any atom is -0.478 e. The lowest BCUT2D eigenvalue weighted by Crippen LogP contribution is -1.99. The first-order valence-electron chi connectivity index (χ1n) is 12.4. The summed E-state index contributed by atoms with van der Waals surface area (Å²) in [7, 11) is 0. The van der Waals surface area contributed by atoms with Crippen LogP contribution >= 0.6 is 23.2 Å². The van der Waals surface area contributed by atoms with Crippen molar-refractivity contribution in [3.8, 4) is 0 Å². The first-order chi connectivity index (χ1) is 19.7. The van der Waals surface area contributed by atoms with Gasteiger partial charge in [0.25, 0.3) is 0 Å². The minimum atomic E-state index is -1.07. The number of allylic oxidation sites excluding steroid dienone is 5. The second kappa shape index (κ2) is 12.1. The second-order valence-electron chi connectivity index (χ2n) is 9.14. The van der Waals surface area contributed by atoms with E-state index < -0.39 is 11.9 Å². The second-order valence-corrected chi connectivity index (χ2v) is 10.0. The molecule has 0 atom stereocenters. The van der Waals surface area contributed by atoms with Crippen molar-refractivity contribution in [2.45, 2.75) is 0 Å². The monoisotopic (exact) mass is 580 g/mol. The molecule has 0 bridgehead atoms. The van der Waals surface area contributed by atoms with E-state index in [0.717, 1.165) is 28.0 Å². The van der Waals surface area contributed by atoms with Gasteiger partial charge in [0.05, 0.1) is 22.5 Å². The number of benzene rings is 4. The molecule has 3 N–H and O–H groups in total. The van der Waals surface area contributed by atoms with Crippen molar-refractivity contribution in [2.75, 3.05) is 5.32 Å². The van der Waals surface area contributed by atoms with Crippen LogP contribution < -0.4 is 5.32 Å². The first-order valence-corrected chi connectivity index (χ1v) is 13.2. The summed E-state index contributed by atoms with van der Waals surface area (Å²) in [5.41, 5.74) is 6.61. The van der Waals surface area contributed by atoms with Crippen LogP contribution in [0.1, 0.15) is 31.8 Å². The Morgan fingerprint density at radius 2 is 1.20 bits per heavy atom. The Morgan fingerprint density at radius 1 is 0.610 bits per heavy atom. The van der Waals surface area contributed by atoms with E-state index in [1.165, 1.54) is 24.3 Å². The normalized spacial score (nSPS) is 12.2. The Balaban J connectivity index is 1.46. The van der Waals surface area contributed by atoms with Gasteiger partial charge in [-0.15, -0.1) is 0 Å². The maximum atomic E-state index is 11.4. The third kappa shape index (κ3) is 6.81. The largest absolute Gasteiger partial charge is 0.478 e. The van der Waals surface area contributed by atoms with Crippen molar-refractivity contribution in [3.05, 3.63) is 153 Å². The van der Waals surface area contributed by atoms with Gasteiger partial charge in [-0.2, -0.15) is 0 Å². The van der Waals surface area contributed by atoms with Crippen molar-refractivity contribution < 1.29 is 19.8 Å². The molecule has 0 aliphatic heterocycles. The van der Waals surface area contributed by atoms with Crippen LogP contribution in [-0.2, 0) is 0 Å². The average molecular weight is 581 g/mol. The molecule has 6 nitrogen and oxygen atoms in total. The standard InChI is InChI=1S/C33H22Cl2N2O4/c34-25-14-23(32(38)39)16-29(18-25)36-27-10-6-21(7-11-27)31(20-4-2-1-3-5-20)22-8-12-28(13-9-22)37-30-17-24(33(40)41)15-26(35)19-30/h1-19,36H,(H,38,39)(H,40,41). The summed E-state index contributed by atoms with van der Waals surface area (Å²) in [4.78, 5) is 27.3. The summed E-state index contributed by atoms with van der Waals surface area (Å²) in [6.45, 7) is 0. The van der Waals surface area contributed by atoms with Gasteiger partial charge in [0.2, 0.25) is 0 Å². The van der Waals surface area contributed by atoms with Crippen LogP contribution in [0.25, 0.3) is 5.57 Å². The van der Waals surface area contributed by atoms with Gasteiger partial charge in [0.15, 0.2) is 0 Å². The average Bonchev–Trinajstić information content (AvgIpc) is 2.95. The van der Waals surface area contributed by atoms with E-state index in [1.54, 1.807) is 12.1 Å². The fraction of sp³-hybridized carbons (Fsp3) is 0. The van der Waals surface area contributed by atoms with Gasteiger partial charge in [-0.1, -0.05) is 77.8 Å². The molecule has 0 unspecified atom stereocenters. The fourth-order valence-electron chi connectivity index (χ4n) is 4.39. The summed E-state index contributed by atoms with van der Waals surface area (Å²) >= 11 is 12.2. The number of anilines is 2. The summed E-state index contributed by atoms with van der Waals surface area (Å²) < 4.78 is 0. The van der Waals surface area contributed by atoms with Gasteiger partial charge in [-0.05, 0) is 83.0 Å². The van der Waals surface area contributed by atoms with E-state index >= 15 is 0 Å². The molecule has 202 valence electrons. The molecule has 0 aromatic heterocycles. The highest BCUT2D eigenvalue weighted by atomic mass is 35.5. The number of rotatable bonds is 7. The van der Waals surface area contributed by atoms with Crippen LogP contribution in [0.15, 0.2) is 126 Å². The molecule has 0 spiro atoms. The molecule has 0 radical (unpaired) electrons. The Morgan fingerprint density at radius 3 is 1.83 bits per heavy atom. The van der Waals surface area contributed by atoms with Gasteiger partial charge in [-0.25, -0.2) is 14.6 Å². The van der Waals surface area contributed by atoms with Crippen LogP contribution in [0.3, 0.4) is 0 Å². The summed E-state index contributed by atoms with van der Waals surface area (Å²) in [5, 5.41) is 22.5. The molecular weight excluding hydrogens is 559 g/mol. The van der Waals surface area contributed by atoms with Gasteiger partial charge in [-0.3, -0.25) is 0 Å². The lowest BCUT2D eigenvalue weighted by Gasteiger charge is -2.15. The highest BCUT2D eigenvalue weighted by molar-refractivity contribution is 6.31. The quantitative estimate of drug-likeness (QED) is 0.203. The Labute approximate surface area is 246 Å². The van der Waals surface area contributed by atoms with Crippen LogP contribution in [0.4, 0.5) is 17.1 Å². The molecule has 1 aliphatic carbocycles. The van der Waals surface area contributed by atoms with E-state index in [4.69, 9.17) is 23.2 Å². The maximum Gasteiger partial charge on any atom is 0.335 e. The summed E-state index contributed by atoms with van der Waals surface area (Å²) in [5.74, 6) is -2.12. The Hall–Kier alpha value is -4.91. The van der Waals surface area contributed by atoms with E-state index in [0.29, 0.717) is 27.1 Å². The lowest BCUT2D eigenvalue weighted by molar-refractivity contribution is 0.0686. The van der Waals surface area contributed by atoms with E-state index in [-0.39, 0.29) is 11.1 Å². The number of carboxylic acid groups (broad SMARTS) is 2. The molecule has 4 aromatic carbocycles. The van der Waals surface area contributed by atoms with E-state index in [1.807, 2.05) is 78.9 Å². The molecule has 0 saturated heterocycles. The number of carboxylic acids is 2. The van der Waals surface area contributed by atoms with Crippen molar-refractivity contribution in [3.63, 3.8) is 0 Å². The molecule has 5 rings (SSSR count). The predicted octanol–water partition coefficient (Wildman–Crippen LogP) is 8.83. The van der Waals surface area contributed by atoms with Crippen LogP contribution in [-0.4, -0.2) is 27.9 Å². The number of nitrogens with one attached hydrogen (secondary N) is 1. The number of aromatic carboxylic acids is 2. The zero-order valence-electron chi connectivity index (χ0n) is 21.4. The summed E-state index contributed by atoms with van der Waals surface area (Å²) in [6, 6.07) is 26.9. The highest BCUT2D eigenvalue weighted by Gasteiger charge is 2.13. The van der Waals surface area contributed by atoms with Gasteiger partial charge >= 0.3 is 11.9 Å². The van der Waals surface area contributed by atoms with Crippen molar-refractivity contribution in [1.82, 2.24) is 0 Å². The van der Waals surface area contributed by atoms with Crippen molar-refractivity contribution in [1.29, 1.82) is 0 Å². The fourth-order valence-corrected chi connectivity index (χ4v) is 4.86. The predicted molar refractivity (Wildman–Crippen MR) is 164 cm³/mol. The number of hydrogen-bond acceptors (Lipinski definition) is 4. The highest BCUT2D eigenvalue weighted by Crippen LogP contribution is 2.32. The molecule has 41 heavy (non-hydrogen) atoms. The molecule has 0 saturated carbocycles. The van der Waals surface area contributed by atoms with Crippen molar-refractivity contribution in [2.24, 2.45) is 4.99 Å². The number of hydrogen-bond donors (Lipinski definition) is 3. The Bertz CT molecular complexity index is 1760. The topological polar surface area (TPSA) is 99.0 Å². The SMILES string of the molecule is O=C(O)c1cc(Cl)cc(N=C2C=CC(=C(c3ccccc3)c3ccc(Nc4cc(Cl)cc(C(=O)O)c4)cc3)C=C2)c1. The van der Waals surface area contributed by atoms with Gasteiger partial charge < -0.3 is 15.5 Å². The number of halogens is 2. The zero-order chi connectivity index (χ0) is 28.9. The molecule has 0 fully saturated rings. The molecule has 8 heteroatoms. The van der Waals surface area contributed by atoms with Crippen LogP contribution in [0.5, 0.6) is 0 Å². The number of aliphatic imine (C=N–C) groups is 1. The van der Waals surface area contributed by atoms with Crippen molar-refractivity contribution >= 4 is 63.5 Å². The third-order valence-electron chi connectivity index (χ3n) is 6.21. The number of nitrogens with zero attached hydrogens (tertiary/aromatic N) is 1. The molecular formula is C33H22Cl2N2O4. The maximum absolute atomic E-state index is 11.4. The first kappa shape index (κ1) is 27.6. The van der Waals surface area contributed by atoms with E-state index in [2.05, 4.69) is 10.3 Å². The van der Waals surface area contributed by atoms with Crippen LogP contribution in [0.2, 0.25) is 10.0 Å². The van der Waals surface area contributed by atoms with Gasteiger partial charge in [0.1, 0.15) is 0 Å². The lowest BCUT2D eigenvalue weighted by atomic mass is 9.91. The third-order valence-corrected chi connectivity index (χ3v) is 6.65. The Kier molecular flexibility index (Phi) is 8.15. The summed E-state index contributed by atoms with van der Waals surface area (Å²) in [6.07, 6.45) is 7.67. The molecule has 0 amide bonds. The molecule has 1 aliphatic rings. The van der Waals surface area contributed by atoms with E-state index in [9.17, 15) is 19.8 Å². The minimum absolute atomic E-state index is 0.0724. The smallest absolute Gasteiger partial charge is 0.335 e. The zero-order valence-corrected chi connectivity index (χ0v) is 22.9. The molecule has 0 heterocycles. The van der Waals surface area contributed by atoms with Crippen LogP contribution in [0, 0.1) is 0 Å². The molecule has 4 aromatic rings. The number of carbonyl (C=O) groups is 2. The van der Waals surface area contributed by atoms with Gasteiger partial charge in [0, 0.05) is 21.4 Å².